The molecule has 238 valence electrons. The number of alkyl halides is 1. The van der Waals surface area contributed by atoms with Gasteiger partial charge in [-0.25, -0.2) is 18.7 Å². The number of Topliss-reactive ketones (excluding diaryl/α,β-unsaturated/α-hetero) is 1. The Morgan fingerprint density at radius 1 is 1.07 bits per heavy atom. The van der Waals surface area contributed by atoms with Crippen LogP contribution in [0.4, 0.5) is 25.8 Å². The van der Waals surface area contributed by atoms with Crippen molar-refractivity contribution in [3.05, 3.63) is 78.3 Å². The van der Waals surface area contributed by atoms with Gasteiger partial charge >= 0.3 is 0 Å². The summed E-state index contributed by atoms with van der Waals surface area (Å²) >= 11 is 0. The highest BCUT2D eigenvalue weighted by Gasteiger charge is 2.42. The SMILES string of the molecule is CC(=O)c1cn(CC(=O)N2CC(F)CC2C(=O)NC2CCCN(c3cc(C)ccc3F)C2=O)c2ccc(Nc3cncnc3)cc12. The summed E-state index contributed by atoms with van der Waals surface area (Å²) in [6.07, 6.45) is 5.44. The monoisotopic (exact) mass is 629 g/mol. The zero-order valence-electron chi connectivity index (χ0n) is 25.4. The van der Waals surface area contributed by atoms with Gasteiger partial charge in [0.2, 0.25) is 17.7 Å². The van der Waals surface area contributed by atoms with E-state index in [1.165, 1.54) is 29.1 Å². The van der Waals surface area contributed by atoms with E-state index in [0.717, 1.165) is 5.56 Å². The van der Waals surface area contributed by atoms with E-state index in [1.807, 2.05) is 0 Å². The third kappa shape index (κ3) is 6.17. The number of ketones is 1. The van der Waals surface area contributed by atoms with Crippen molar-refractivity contribution in [2.75, 3.05) is 23.3 Å². The van der Waals surface area contributed by atoms with E-state index in [9.17, 15) is 28.0 Å². The number of piperidine rings is 1. The molecule has 0 bridgehead atoms. The highest BCUT2D eigenvalue weighted by Crippen LogP contribution is 2.29. The lowest BCUT2D eigenvalue weighted by atomic mass is 10.0. The molecule has 13 heteroatoms. The number of rotatable bonds is 8. The number of carbonyl (C=O) groups is 4. The van der Waals surface area contributed by atoms with Gasteiger partial charge in [-0.2, -0.15) is 0 Å². The van der Waals surface area contributed by atoms with E-state index in [1.54, 1.807) is 60.4 Å². The maximum atomic E-state index is 14.7. The average Bonchev–Trinajstić information content (AvgIpc) is 3.60. The number of aromatic nitrogens is 3. The fourth-order valence-electron chi connectivity index (χ4n) is 6.21. The zero-order chi connectivity index (χ0) is 32.5. The van der Waals surface area contributed by atoms with Gasteiger partial charge in [0.25, 0.3) is 0 Å². The van der Waals surface area contributed by atoms with E-state index < -0.39 is 41.8 Å². The van der Waals surface area contributed by atoms with Crippen LogP contribution in [-0.4, -0.2) is 74.3 Å². The summed E-state index contributed by atoms with van der Waals surface area (Å²) in [5, 5.41) is 6.51. The molecule has 46 heavy (non-hydrogen) atoms. The van der Waals surface area contributed by atoms with Gasteiger partial charge < -0.3 is 25.0 Å². The van der Waals surface area contributed by atoms with Crippen molar-refractivity contribution in [2.45, 2.75) is 57.9 Å². The summed E-state index contributed by atoms with van der Waals surface area (Å²) in [5.74, 6) is -2.34. The van der Waals surface area contributed by atoms with Crippen molar-refractivity contribution in [1.29, 1.82) is 0 Å². The number of hydrogen-bond donors (Lipinski definition) is 2. The number of nitrogens with zero attached hydrogens (tertiary/aromatic N) is 5. The van der Waals surface area contributed by atoms with Crippen LogP contribution in [0, 0.1) is 12.7 Å². The second-order valence-corrected chi connectivity index (χ2v) is 11.8. The summed E-state index contributed by atoms with van der Waals surface area (Å²) in [5.41, 5.74) is 3.29. The minimum atomic E-state index is -1.43. The molecule has 2 aromatic carbocycles. The van der Waals surface area contributed by atoms with Gasteiger partial charge in [0.05, 0.1) is 30.3 Å². The number of amides is 3. The van der Waals surface area contributed by atoms with Gasteiger partial charge in [-0.1, -0.05) is 6.07 Å². The molecule has 2 fully saturated rings. The molecule has 0 saturated carbocycles. The van der Waals surface area contributed by atoms with Crippen molar-refractivity contribution in [3.63, 3.8) is 0 Å². The highest BCUT2D eigenvalue weighted by molar-refractivity contribution is 6.08. The molecular weight excluding hydrogens is 596 g/mol. The van der Waals surface area contributed by atoms with E-state index in [-0.39, 0.29) is 31.0 Å². The summed E-state index contributed by atoms with van der Waals surface area (Å²) in [6.45, 7) is 3.02. The molecule has 0 radical (unpaired) electrons. The quantitative estimate of drug-likeness (QED) is 0.281. The fourth-order valence-corrected chi connectivity index (χ4v) is 6.21. The number of aryl methyl sites for hydroxylation is 1. The van der Waals surface area contributed by atoms with Gasteiger partial charge in [0, 0.05) is 41.3 Å². The predicted octanol–water partition coefficient (Wildman–Crippen LogP) is 4.08. The molecule has 2 N–H and O–H groups in total. The number of carbonyl (C=O) groups excluding carboxylic acids is 4. The lowest BCUT2D eigenvalue weighted by molar-refractivity contribution is -0.139. The summed E-state index contributed by atoms with van der Waals surface area (Å²) in [6, 6.07) is 7.78. The predicted molar refractivity (Wildman–Crippen MR) is 167 cm³/mol. The molecule has 11 nitrogen and oxygen atoms in total. The Labute approximate surface area is 263 Å². The maximum absolute atomic E-state index is 14.7. The van der Waals surface area contributed by atoms with Crippen molar-refractivity contribution in [2.24, 2.45) is 0 Å². The largest absolute Gasteiger partial charge is 0.353 e. The molecule has 2 aromatic heterocycles. The van der Waals surface area contributed by atoms with Gasteiger partial charge in [-0.05, 0) is 62.6 Å². The van der Waals surface area contributed by atoms with Crippen LogP contribution in [0.15, 0.2) is 61.3 Å². The Hall–Kier alpha value is -5.20. The van der Waals surface area contributed by atoms with Gasteiger partial charge in [0.1, 0.15) is 36.9 Å². The number of halogens is 2. The van der Waals surface area contributed by atoms with Gasteiger partial charge in [-0.3, -0.25) is 19.2 Å². The number of hydrogen-bond acceptors (Lipinski definition) is 7. The van der Waals surface area contributed by atoms with Crippen LogP contribution in [0.1, 0.15) is 42.1 Å². The first-order valence-corrected chi connectivity index (χ1v) is 15.1. The molecule has 0 spiro atoms. The standard InChI is InChI=1S/C33H33F2N7O4/c1-19-5-7-26(35)29(10-19)41-9-3-4-27(33(41)46)39-32(45)30-11-21(34)15-42(30)31(44)17-40-16-25(20(2)43)24-12-22(6-8-28(24)40)38-23-13-36-18-37-14-23/h5-8,10,12-14,16,18,21,27,30,38H,3-4,9,11,15,17H2,1-2H3,(H,39,45). The molecule has 4 aromatic rings. The van der Waals surface area contributed by atoms with Crippen LogP contribution >= 0.6 is 0 Å². The van der Waals surface area contributed by atoms with E-state index >= 15 is 0 Å². The third-order valence-corrected chi connectivity index (χ3v) is 8.44. The molecule has 0 aliphatic carbocycles. The number of anilines is 3. The number of nitrogens with one attached hydrogen (secondary N) is 2. The molecule has 3 amide bonds. The first-order valence-electron chi connectivity index (χ1n) is 15.1. The lowest BCUT2D eigenvalue weighted by Gasteiger charge is -2.34. The fraction of sp³-hybridized carbons (Fsp3) is 0.333. The van der Waals surface area contributed by atoms with Gasteiger partial charge in [0.15, 0.2) is 5.78 Å². The second kappa shape index (κ2) is 12.7. The summed E-state index contributed by atoms with van der Waals surface area (Å²) in [7, 11) is 0. The van der Waals surface area contributed by atoms with E-state index in [2.05, 4.69) is 20.6 Å². The average molecular weight is 630 g/mol. The topological polar surface area (TPSA) is 130 Å². The minimum absolute atomic E-state index is 0.145. The summed E-state index contributed by atoms with van der Waals surface area (Å²) < 4.78 is 30.9. The molecule has 3 unspecified atom stereocenters. The number of likely N-dealkylation sites (tertiary alicyclic amines) is 1. The molecule has 3 atom stereocenters. The van der Waals surface area contributed by atoms with Gasteiger partial charge in [-0.15, -0.1) is 0 Å². The Balaban J connectivity index is 1.18. The molecule has 4 heterocycles. The lowest BCUT2D eigenvalue weighted by Crippen LogP contribution is -2.56. The Morgan fingerprint density at radius 2 is 1.85 bits per heavy atom. The molecular formula is C33H33F2N7O4. The van der Waals surface area contributed by atoms with Crippen molar-refractivity contribution in [1.82, 2.24) is 24.8 Å². The first-order chi connectivity index (χ1) is 22.1. The highest BCUT2D eigenvalue weighted by atomic mass is 19.1. The maximum Gasteiger partial charge on any atom is 0.249 e. The number of benzene rings is 2. The zero-order valence-corrected chi connectivity index (χ0v) is 25.4. The minimum Gasteiger partial charge on any atom is -0.353 e. The first kappa shape index (κ1) is 30.8. The third-order valence-electron chi connectivity index (χ3n) is 8.44. The molecule has 2 aliphatic rings. The van der Waals surface area contributed by atoms with Crippen LogP contribution in [0.2, 0.25) is 0 Å². The van der Waals surface area contributed by atoms with Crippen molar-refractivity contribution in [3.8, 4) is 0 Å². The van der Waals surface area contributed by atoms with Crippen molar-refractivity contribution >= 4 is 51.5 Å². The Morgan fingerprint density at radius 3 is 2.61 bits per heavy atom. The van der Waals surface area contributed by atoms with Crippen LogP contribution in [0.25, 0.3) is 10.9 Å². The van der Waals surface area contributed by atoms with Crippen LogP contribution in [0.5, 0.6) is 0 Å². The Bertz CT molecular complexity index is 1830. The molecule has 2 aliphatic heterocycles. The normalized spacial score (nSPS) is 19.8. The van der Waals surface area contributed by atoms with Crippen LogP contribution < -0.4 is 15.5 Å². The molecule has 6 rings (SSSR count). The summed E-state index contributed by atoms with van der Waals surface area (Å²) in [4.78, 5) is 63.4. The number of fused-ring (bicyclic) bond motifs is 1. The van der Waals surface area contributed by atoms with E-state index in [0.29, 0.717) is 47.2 Å². The smallest absolute Gasteiger partial charge is 0.249 e. The van der Waals surface area contributed by atoms with Crippen LogP contribution in [-0.2, 0) is 20.9 Å². The molecule has 2 saturated heterocycles. The van der Waals surface area contributed by atoms with Crippen LogP contribution in [0.3, 0.4) is 0 Å². The Kier molecular flexibility index (Phi) is 8.48. The second-order valence-electron chi connectivity index (χ2n) is 11.8. The van der Waals surface area contributed by atoms with E-state index in [4.69, 9.17) is 0 Å². The van der Waals surface area contributed by atoms with Crippen molar-refractivity contribution < 1.29 is 28.0 Å².